The molecule has 0 aliphatic rings. The van der Waals surface area contributed by atoms with E-state index in [4.69, 9.17) is 18.9 Å². The third kappa shape index (κ3) is 60.6. The van der Waals surface area contributed by atoms with Gasteiger partial charge in [-0.15, -0.1) is 0 Å². The van der Waals surface area contributed by atoms with Gasteiger partial charge < -0.3 is 33.3 Å². The van der Waals surface area contributed by atoms with Gasteiger partial charge in [-0.3, -0.25) is 9.59 Å². The van der Waals surface area contributed by atoms with E-state index in [1.807, 2.05) is 21.1 Å². The van der Waals surface area contributed by atoms with E-state index in [9.17, 15) is 19.5 Å². The summed E-state index contributed by atoms with van der Waals surface area (Å²) >= 11 is 0. The Morgan fingerprint density at radius 1 is 0.397 bits per heavy atom. The molecule has 0 saturated heterocycles. The van der Waals surface area contributed by atoms with Gasteiger partial charge in [0.2, 0.25) is 0 Å². The number of unbranched alkanes of at least 4 members (excludes halogenated alkanes) is 36. The van der Waals surface area contributed by atoms with Gasteiger partial charge in [0.1, 0.15) is 13.2 Å². The zero-order valence-corrected chi connectivity index (χ0v) is 51.8. The number of esters is 2. The van der Waals surface area contributed by atoms with Gasteiger partial charge in [-0.2, -0.15) is 0 Å². The normalized spacial score (nSPS) is 13.1. The number of quaternary nitrogens is 1. The van der Waals surface area contributed by atoms with Gasteiger partial charge >= 0.3 is 11.9 Å². The van der Waals surface area contributed by atoms with Crippen LogP contribution in [0.1, 0.15) is 303 Å². The minimum absolute atomic E-state index is 0.140. The lowest BCUT2D eigenvalue weighted by atomic mass is 10.0. The lowest BCUT2D eigenvalue weighted by Crippen LogP contribution is -2.44. The average molecular weight is 1100 g/mol. The Kier molecular flexibility index (Phi) is 57.8. The topological polar surface area (TPSA) is 111 Å². The lowest BCUT2D eigenvalue weighted by Gasteiger charge is -2.26. The van der Waals surface area contributed by atoms with Crippen molar-refractivity contribution in [3.8, 4) is 0 Å². The highest BCUT2D eigenvalue weighted by molar-refractivity contribution is 5.70. The van der Waals surface area contributed by atoms with Crippen LogP contribution >= 0.6 is 0 Å². The molecule has 9 heteroatoms. The number of hydrogen-bond acceptors (Lipinski definition) is 8. The number of rotatable bonds is 61. The summed E-state index contributed by atoms with van der Waals surface area (Å²) in [7, 11) is 5.91. The van der Waals surface area contributed by atoms with Crippen LogP contribution in [0.5, 0.6) is 0 Å². The van der Waals surface area contributed by atoms with Crippen LogP contribution in [0.4, 0.5) is 0 Å². The van der Waals surface area contributed by atoms with Gasteiger partial charge in [-0.1, -0.05) is 293 Å². The van der Waals surface area contributed by atoms with Crippen LogP contribution in [0.25, 0.3) is 0 Å². The predicted molar refractivity (Wildman–Crippen MR) is 329 cm³/mol. The van der Waals surface area contributed by atoms with Crippen molar-refractivity contribution in [2.45, 2.75) is 315 Å². The van der Waals surface area contributed by atoms with Crippen LogP contribution < -0.4 is 5.11 Å². The molecule has 0 amide bonds. The van der Waals surface area contributed by atoms with Crippen molar-refractivity contribution < 1.29 is 42.9 Å². The molecule has 2 unspecified atom stereocenters. The van der Waals surface area contributed by atoms with Gasteiger partial charge in [-0.05, 0) is 57.8 Å². The van der Waals surface area contributed by atoms with Crippen molar-refractivity contribution in [2.75, 3.05) is 47.5 Å². The molecule has 0 heterocycles. The molecule has 0 radical (unpaired) electrons. The zero-order chi connectivity index (χ0) is 56.9. The highest BCUT2D eigenvalue weighted by atomic mass is 16.7. The number of carboxylic acids is 1. The van der Waals surface area contributed by atoms with Crippen LogP contribution in [0.3, 0.4) is 0 Å². The fourth-order valence-electron chi connectivity index (χ4n) is 9.51. The molecule has 0 bridgehead atoms. The van der Waals surface area contributed by atoms with Crippen molar-refractivity contribution in [3.63, 3.8) is 0 Å². The Morgan fingerprint density at radius 2 is 0.731 bits per heavy atom. The van der Waals surface area contributed by atoms with Crippen molar-refractivity contribution in [1.29, 1.82) is 0 Å². The molecule has 0 spiro atoms. The van der Waals surface area contributed by atoms with Gasteiger partial charge in [0, 0.05) is 12.8 Å². The molecule has 9 nitrogen and oxygen atoms in total. The Bertz CT molecular complexity index is 1460. The third-order valence-electron chi connectivity index (χ3n) is 14.5. The predicted octanol–water partition coefficient (Wildman–Crippen LogP) is 18.6. The number of carboxylic acid groups (broad SMARTS) is 1. The Labute approximate surface area is 482 Å². The summed E-state index contributed by atoms with van der Waals surface area (Å²) < 4.78 is 22.7. The second-order valence-electron chi connectivity index (χ2n) is 23.4. The van der Waals surface area contributed by atoms with Gasteiger partial charge in [0.25, 0.3) is 0 Å². The van der Waals surface area contributed by atoms with Crippen LogP contribution in [0, 0.1) is 0 Å². The molecule has 0 saturated carbocycles. The average Bonchev–Trinajstić information content (AvgIpc) is 3.41. The van der Waals surface area contributed by atoms with Crippen LogP contribution in [0.15, 0.2) is 60.8 Å². The minimum Gasteiger partial charge on any atom is -0.545 e. The number of likely N-dealkylation sites (N-methyl/N-ethyl adjacent to an activating group) is 1. The molecular formula is C69H125NO8. The summed E-state index contributed by atoms with van der Waals surface area (Å²) in [6.07, 6.45) is 74.6. The maximum Gasteiger partial charge on any atom is 0.306 e. The molecule has 0 aliphatic carbocycles. The molecule has 0 aromatic rings. The summed E-state index contributed by atoms with van der Waals surface area (Å²) in [5.74, 6) is -2.32. The molecule has 0 aromatic carbocycles. The van der Waals surface area contributed by atoms with E-state index in [1.54, 1.807) is 0 Å². The summed E-state index contributed by atoms with van der Waals surface area (Å²) in [6.45, 7) is 4.63. The summed E-state index contributed by atoms with van der Waals surface area (Å²) in [4.78, 5) is 37.3. The maximum atomic E-state index is 12.9. The SMILES string of the molecule is CC/C=C\C/C=C\C/C=C\C/C=C\C/C=C\CCCCCC(=O)OC(COC(=O)CCCCCCCCCCCCCCCCCCCCCCCCCCCCCCCCCCCC)COC(OCC[N+](C)(C)C)C(=O)[O-]. The van der Waals surface area contributed by atoms with Gasteiger partial charge in [-0.25, -0.2) is 0 Å². The fraction of sp³-hybridized carbons (Fsp3) is 0.812. The number of carbonyl (C=O) groups excluding carboxylic acids is 3. The van der Waals surface area contributed by atoms with Crippen LogP contribution in [-0.2, 0) is 33.3 Å². The largest absolute Gasteiger partial charge is 0.545 e. The second-order valence-corrected chi connectivity index (χ2v) is 23.4. The molecule has 78 heavy (non-hydrogen) atoms. The quantitative estimate of drug-likeness (QED) is 0.0195. The Morgan fingerprint density at radius 3 is 1.09 bits per heavy atom. The van der Waals surface area contributed by atoms with E-state index in [-0.39, 0.29) is 38.6 Å². The molecule has 2 atom stereocenters. The summed E-state index contributed by atoms with van der Waals surface area (Å²) in [6, 6.07) is 0. The second kappa shape index (κ2) is 60.1. The van der Waals surface area contributed by atoms with Crippen LogP contribution in [-0.4, -0.2) is 82.3 Å². The molecule has 0 aromatic heterocycles. The number of ether oxygens (including phenoxy) is 4. The van der Waals surface area contributed by atoms with E-state index < -0.39 is 24.3 Å². The number of carbonyl (C=O) groups is 3. The molecule has 0 aliphatic heterocycles. The number of hydrogen-bond donors (Lipinski definition) is 0. The van der Waals surface area contributed by atoms with Crippen molar-refractivity contribution >= 4 is 17.9 Å². The van der Waals surface area contributed by atoms with Crippen LogP contribution in [0.2, 0.25) is 0 Å². The Hall–Kier alpha value is -3.01. The molecule has 0 N–H and O–H groups in total. The van der Waals surface area contributed by atoms with E-state index >= 15 is 0 Å². The first-order valence-electron chi connectivity index (χ1n) is 32.9. The van der Waals surface area contributed by atoms with Gasteiger partial charge in [0.05, 0.1) is 40.3 Å². The van der Waals surface area contributed by atoms with E-state index in [0.29, 0.717) is 17.4 Å². The first-order valence-corrected chi connectivity index (χ1v) is 32.9. The Balaban J connectivity index is 4.06. The van der Waals surface area contributed by atoms with Crippen molar-refractivity contribution in [2.24, 2.45) is 0 Å². The minimum atomic E-state index is -1.63. The first-order chi connectivity index (χ1) is 38.1. The molecule has 454 valence electrons. The van der Waals surface area contributed by atoms with E-state index in [1.165, 1.54) is 199 Å². The smallest absolute Gasteiger partial charge is 0.306 e. The van der Waals surface area contributed by atoms with Crippen molar-refractivity contribution in [3.05, 3.63) is 60.8 Å². The van der Waals surface area contributed by atoms with E-state index in [0.717, 1.165) is 70.6 Å². The highest BCUT2D eigenvalue weighted by Crippen LogP contribution is 2.18. The monoisotopic (exact) mass is 1100 g/mol. The van der Waals surface area contributed by atoms with E-state index in [2.05, 4.69) is 74.6 Å². The van der Waals surface area contributed by atoms with Crippen molar-refractivity contribution in [1.82, 2.24) is 0 Å². The summed E-state index contributed by atoms with van der Waals surface area (Å²) in [5, 5.41) is 11.8. The third-order valence-corrected chi connectivity index (χ3v) is 14.5. The standard InChI is InChI=1S/C69H125NO8/c1-6-8-10-12-14-16-18-20-22-24-26-27-28-29-30-31-32-33-34-35-36-37-38-39-40-42-43-45-47-49-51-53-55-57-59-66(71)76-63-65(64-77-69(68(73)74)75-62-61-70(3,4)5)78-67(72)60-58-56-54-52-50-48-46-44-41-25-23-21-19-17-15-13-11-9-7-2/h9,11,15,17,21,23,41,44,48,50,65,69H,6-8,10,12-14,16,18-20,22,24-40,42-43,45-47,49,51-64H2,1-5H3/b11-9-,17-15-,23-21-,44-41-,50-48-. The lowest BCUT2D eigenvalue weighted by molar-refractivity contribution is -0.870. The number of allylic oxidation sites excluding steroid dienone is 10. The zero-order valence-electron chi connectivity index (χ0n) is 51.8. The fourth-order valence-corrected chi connectivity index (χ4v) is 9.51. The molecular weight excluding hydrogens is 971 g/mol. The van der Waals surface area contributed by atoms with Gasteiger partial charge in [0.15, 0.2) is 12.4 Å². The summed E-state index contributed by atoms with van der Waals surface area (Å²) in [5.41, 5.74) is 0. The number of nitrogens with zero attached hydrogens (tertiary/aromatic N) is 1. The highest BCUT2D eigenvalue weighted by Gasteiger charge is 2.22. The number of aliphatic carboxylic acids is 1. The first kappa shape index (κ1) is 75.0. The molecule has 0 fully saturated rings. The maximum absolute atomic E-state index is 12.9. The molecule has 0 rings (SSSR count).